The van der Waals surface area contributed by atoms with Crippen LogP contribution in [0.3, 0.4) is 0 Å². The van der Waals surface area contributed by atoms with Crippen molar-refractivity contribution in [3.63, 3.8) is 0 Å². The molecule has 1 aliphatic heterocycles. The van der Waals surface area contributed by atoms with E-state index in [1.807, 2.05) is 48.5 Å². The molecule has 194 valence electrons. The van der Waals surface area contributed by atoms with Gasteiger partial charge in [0.2, 0.25) is 0 Å². The number of piperidine rings is 1. The largest absolute Gasteiger partial charge is 0.492 e. The highest BCUT2D eigenvalue weighted by Gasteiger charge is 2.59. The zero-order chi connectivity index (χ0) is 26.5. The van der Waals surface area contributed by atoms with E-state index in [0.717, 1.165) is 22.3 Å². The van der Waals surface area contributed by atoms with Gasteiger partial charge in [0.15, 0.2) is 5.60 Å². The maximum Gasteiger partial charge on any atom is 0.419 e. The number of likely N-dealkylation sites (tertiary alicyclic amines) is 1. The summed E-state index contributed by atoms with van der Waals surface area (Å²) in [6.45, 7) is 0.293. The van der Waals surface area contributed by atoms with Crippen LogP contribution in [0.25, 0.3) is 11.1 Å². The van der Waals surface area contributed by atoms with Crippen molar-refractivity contribution in [1.82, 2.24) is 9.88 Å². The van der Waals surface area contributed by atoms with E-state index in [2.05, 4.69) is 16.8 Å². The minimum atomic E-state index is -4.86. The predicted octanol–water partition coefficient (Wildman–Crippen LogP) is 4.63. The third-order valence-corrected chi connectivity index (χ3v) is 6.66. The van der Waals surface area contributed by atoms with Gasteiger partial charge in [-0.25, -0.2) is 4.98 Å². The van der Waals surface area contributed by atoms with Crippen LogP contribution < -0.4 is 4.74 Å². The number of hydrogen-bond acceptors (Lipinski definition) is 5. The van der Waals surface area contributed by atoms with E-state index in [4.69, 9.17) is 16.3 Å². The molecule has 2 atom stereocenters. The summed E-state index contributed by atoms with van der Waals surface area (Å²) in [7, 11) is 0. The maximum atomic E-state index is 13.0. The molecule has 1 unspecified atom stereocenters. The fourth-order valence-corrected chi connectivity index (χ4v) is 4.18. The number of rotatable bonds is 6. The molecule has 0 aliphatic carbocycles. The number of nitrogens with zero attached hydrogens (tertiary/aromatic N) is 2. The lowest BCUT2D eigenvalue weighted by molar-refractivity contribution is -0.302. The lowest BCUT2D eigenvalue weighted by Gasteiger charge is -2.42. The van der Waals surface area contributed by atoms with Crippen LogP contribution in [0.15, 0.2) is 66.9 Å². The molecule has 1 saturated heterocycles. The predicted molar refractivity (Wildman–Crippen MR) is 135 cm³/mol. The Morgan fingerprint density at radius 2 is 1.73 bits per heavy atom. The topological polar surface area (TPSA) is 65.8 Å². The number of aliphatic hydroxyl groups is 2. The summed E-state index contributed by atoms with van der Waals surface area (Å²) in [6.07, 6.45) is -5.56. The van der Waals surface area contributed by atoms with Gasteiger partial charge < -0.3 is 14.9 Å². The number of hydrogen-bond donors (Lipinski definition) is 2. The van der Waals surface area contributed by atoms with Gasteiger partial charge in [-0.3, -0.25) is 4.90 Å². The Morgan fingerprint density at radius 1 is 1.03 bits per heavy atom. The van der Waals surface area contributed by atoms with Crippen molar-refractivity contribution in [2.45, 2.75) is 30.2 Å². The molecule has 3 aromatic rings. The third kappa shape index (κ3) is 6.62. The molecular weight excluding hydrogens is 505 g/mol. The highest BCUT2D eigenvalue weighted by molar-refractivity contribution is 6.17. The van der Waals surface area contributed by atoms with Crippen LogP contribution in [-0.4, -0.2) is 64.2 Å². The molecule has 2 heterocycles. The summed E-state index contributed by atoms with van der Waals surface area (Å²) in [5.74, 6) is 7.17. The lowest BCUT2D eigenvalue weighted by Crippen LogP contribution is -2.63. The van der Waals surface area contributed by atoms with E-state index in [0.29, 0.717) is 23.9 Å². The number of alkyl halides is 4. The van der Waals surface area contributed by atoms with Gasteiger partial charge in [-0.1, -0.05) is 36.3 Å². The van der Waals surface area contributed by atoms with Gasteiger partial charge in [-0.2, -0.15) is 13.2 Å². The first kappa shape index (κ1) is 27.0. The van der Waals surface area contributed by atoms with E-state index in [-0.39, 0.29) is 19.7 Å². The molecular formula is C28H26ClF3N2O3. The normalized spacial score (nSPS) is 20.2. The molecule has 1 aromatic heterocycles. The molecule has 2 aromatic carbocycles. The van der Waals surface area contributed by atoms with Crippen molar-refractivity contribution in [2.75, 3.05) is 26.2 Å². The summed E-state index contributed by atoms with van der Waals surface area (Å²) < 4.78 is 44.7. The number of pyridine rings is 1. The highest BCUT2D eigenvalue weighted by Crippen LogP contribution is 2.38. The van der Waals surface area contributed by atoms with Crippen LogP contribution in [0.1, 0.15) is 23.2 Å². The van der Waals surface area contributed by atoms with Crippen LogP contribution in [0, 0.1) is 11.8 Å². The SMILES string of the molecule is OC1CN(CCOc2ccc(C#Cc3ccc(-c4ccc(CCl)cc4)cn3)cc2)CC[C@]1(O)C(F)(F)F. The van der Waals surface area contributed by atoms with Gasteiger partial charge in [0, 0.05) is 49.3 Å². The Labute approximate surface area is 218 Å². The summed E-state index contributed by atoms with van der Waals surface area (Å²) in [6, 6.07) is 19.0. The molecule has 0 amide bonds. The fraction of sp³-hybridized carbons (Fsp3) is 0.321. The molecule has 9 heteroatoms. The minimum absolute atomic E-state index is 0.0142. The maximum absolute atomic E-state index is 13.0. The van der Waals surface area contributed by atoms with Crippen LogP contribution >= 0.6 is 11.6 Å². The van der Waals surface area contributed by atoms with E-state index in [9.17, 15) is 23.4 Å². The average molecular weight is 531 g/mol. The first-order valence-corrected chi connectivity index (χ1v) is 12.3. The molecule has 1 aliphatic rings. The molecule has 0 bridgehead atoms. The summed E-state index contributed by atoms with van der Waals surface area (Å²) in [5.41, 5.74) is 1.46. The Bertz CT molecular complexity index is 1240. The van der Waals surface area contributed by atoms with Crippen LogP contribution in [0.5, 0.6) is 5.75 Å². The zero-order valence-electron chi connectivity index (χ0n) is 19.9. The van der Waals surface area contributed by atoms with Crippen LogP contribution in [0.4, 0.5) is 13.2 Å². The molecule has 5 nitrogen and oxygen atoms in total. The summed E-state index contributed by atoms with van der Waals surface area (Å²) in [4.78, 5) is 6.05. The van der Waals surface area contributed by atoms with Gasteiger partial charge in [0.05, 0.1) is 0 Å². The molecule has 0 saturated carbocycles. The van der Waals surface area contributed by atoms with Crippen LogP contribution in [-0.2, 0) is 5.88 Å². The average Bonchev–Trinajstić information content (AvgIpc) is 2.90. The van der Waals surface area contributed by atoms with E-state index in [1.165, 1.54) is 0 Å². The Morgan fingerprint density at radius 3 is 2.32 bits per heavy atom. The molecule has 0 spiro atoms. The number of aliphatic hydroxyl groups excluding tert-OH is 1. The smallest absolute Gasteiger partial charge is 0.419 e. The number of aromatic nitrogens is 1. The minimum Gasteiger partial charge on any atom is -0.492 e. The molecule has 2 N–H and O–H groups in total. The molecule has 37 heavy (non-hydrogen) atoms. The van der Waals surface area contributed by atoms with Crippen molar-refractivity contribution in [3.8, 4) is 28.7 Å². The van der Waals surface area contributed by atoms with Gasteiger partial charge in [0.25, 0.3) is 0 Å². The first-order chi connectivity index (χ1) is 17.7. The van der Waals surface area contributed by atoms with Gasteiger partial charge in [-0.15, -0.1) is 11.6 Å². The van der Waals surface area contributed by atoms with Crippen molar-refractivity contribution in [3.05, 3.63) is 83.7 Å². The van der Waals surface area contributed by atoms with E-state index >= 15 is 0 Å². The van der Waals surface area contributed by atoms with E-state index in [1.54, 1.807) is 23.2 Å². The van der Waals surface area contributed by atoms with Crippen molar-refractivity contribution in [2.24, 2.45) is 0 Å². The van der Waals surface area contributed by atoms with Crippen molar-refractivity contribution < 1.29 is 28.1 Å². The van der Waals surface area contributed by atoms with Gasteiger partial charge in [0.1, 0.15) is 24.2 Å². The second kappa shape index (κ2) is 11.5. The molecule has 4 rings (SSSR count). The van der Waals surface area contributed by atoms with Crippen LogP contribution in [0.2, 0.25) is 0 Å². The van der Waals surface area contributed by atoms with Crippen molar-refractivity contribution in [1.29, 1.82) is 0 Å². The number of halogens is 4. The monoisotopic (exact) mass is 530 g/mol. The van der Waals surface area contributed by atoms with Gasteiger partial charge >= 0.3 is 6.18 Å². The second-order valence-corrected chi connectivity index (χ2v) is 9.14. The third-order valence-electron chi connectivity index (χ3n) is 6.35. The second-order valence-electron chi connectivity index (χ2n) is 8.87. The van der Waals surface area contributed by atoms with E-state index < -0.39 is 24.3 Å². The first-order valence-electron chi connectivity index (χ1n) is 11.7. The standard InChI is InChI=1S/C28H26ClF3N2O3/c29-17-21-1-6-22(7-2-21)23-8-10-24(33-18-23)9-3-20-4-11-25(12-5-20)37-16-15-34-14-13-27(36,26(35)19-34)28(30,31)32/h1-2,4-8,10-12,18,26,35-36H,13-17,19H2/t26?,27-/m1/s1. The Kier molecular flexibility index (Phi) is 8.40. The van der Waals surface area contributed by atoms with Gasteiger partial charge in [-0.05, 0) is 47.4 Å². The number of β-amino-alcohol motifs (C(OH)–C–C–N with tert-alkyl or cyclic N) is 1. The number of benzene rings is 2. The lowest BCUT2D eigenvalue weighted by atomic mass is 9.88. The molecule has 1 fully saturated rings. The fourth-order valence-electron chi connectivity index (χ4n) is 4.00. The highest BCUT2D eigenvalue weighted by atomic mass is 35.5. The quantitative estimate of drug-likeness (QED) is 0.359. The Hall–Kier alpha value is -3.09. The zero-order valence-corrected chi connectivity index (χ0v) is 20.6. The molecule has 0 radical (unpaired) electrons. The number of ether oxygens (including phenoxy) is 1. The Balaban J connectivity index is 1.26. The van der Waals surface area contributed by atoms with Crippen molar-refractivity contribution >= 4 is 11.6 Å². The summed E-state index contributed by atoms with van der Waals surface area (Å²) in [5, 5.41) is 19.6. The summed E-state index contributed by atoms with van der Waals surface area (Å²) >= 11 is 5.84.